The summed E-state index contributed by atoms with van der Waals surface area (Å²) in [6, 6.07) is 11.3. The van der Waals surface area contributed by atoms with Gasteiger partial charge in [0.05, 0.1) is 29.1 Å². The summed E-state index contributed by atoms with van der Waals surface area (Å²) in [6.07, 6.45) is 5.17. The number of hydrogen-bond acceptors (Lipinski definition) is 5. The highest BCUT2D eigenvalue weighted by atomic mass is 127. The van der Waals surface area contributed by atoms with Crippen molar-refractivity contribution in [3.63, 3.8) is 0 Å². The van der Waals surface area contributed by atoms with Crippen LogP contribution < -0.4 is 14.2 Å². The third-order valence-electron chi connectivity index (χ3n) is 3.95. The highest BCUT2D eigenvalue weighted by Crippen LogP contribution is 2.22. The van der Waals surface area contributed by atoms with Gasteiger partial charge in [-0.3, -0.25) is 4.79 Å². The number of imidazole rings is 1. The minimum absolute atomic E-state index is 0.0516. The molecule has 0 aliphatic heterocycles. The van der Waals surface area contributed by atoms with Crippen molar-refractivity contribution in [3.8, 4) is 0 Å². The molecule has 8 heteroatoms. The third kappa shape index (κ3) is 4.76. The van der Waals surface area contributed by atoms with Gasteiger partial charge >= 0.3 is 0 Å². The predicted molar refractivity (Wildman–Crippen MR) is 116 cm³/mol. The van der Waals surface area contributed by atoms with Crippen molar-refractivity contribution < 1.29 is 4.79 Å². The van der Waals surface area contributed by atoms with Gasteiger partial charge in [-0.15, -0.1) is 5.10 Å². The van der Waals surface area contributed by atoms with Crippen molar-refractivity contribution in [2.75, 3.05) is 10.6 Å². The van der Waals surface area contributed by atoms with Crippen molar-refractivity contribution in [3.05, 3.63) is 66.1 Å². The molecule has 3 N–H and O–H groups in total. The van der Waals surface area contributed by atoms with Crippen LogP contribution in [0.15, 0.2) is 55.0 Å². The van der Waals surface area contributed by atoms with Crippen LogP contribution in [-0.4, -0.2) is 20.5 Å². The van der Waals surface area contributed by atoms with E-state index in [1.165, 1.54) is 5.56 Å². The molecule has 0 aliphatic carbocycles. The number of fused-ring (bicyclic) bond motifs is 1. The second-order valence-corrected chi connectivity index (χ2v) is 7.64. The third-order valence-corrected chi connectivity index (χ3v) is 4.31. The van der Waals surface area contributed by atoms with E-state index < -0.39 is 0 Å². The maximum absolute atomic E-state index is 12.5. The molecule has 0 saturated carbocycles. The second-order valence-electron chi connectivity index (χ2n) is 7.02. The van der Waals surface area contributed by atoms with Crippen LogP contribution in [0.25, 0.3) is 5.65 Å². The molecule has 0 unspecified atom stereocenters. The highest BCUT2D eigenvalue weighted by Gasteiger charge is 2.15. The molecule has 27 heavy (non-hydrogen) atoms. The molecule has 0 aliphatic rings. The Hall–Kier alpha value is -2.62. The first-order valence-electron chi connectivity index (χ1n) is 8.43. The second kappa shape index (κ2) is 7.95. The zero-order valence-corrected chi connectivity index (χ0v) is 17.5. The van der Waals surface area contributed by atoms with Crippen molar-refractivity contribution in [2.45, 2.75) is 26.2 Å². The van der Waals surface area contributed by atoms with Gasteiger partial charge in [-0.25, -0.2) is 9.50 Å². The summed E-state index contributed by atoms with van der Waals surface area (Å²) in [5.41, 5.74) is 2.47. The molecule has 0 spiro atoms. The topological polar surface area (TPSA) is 83.4 Å². The predicted octanol–water partition coefficient (Wildman–Crippen LogP) is 4.10. The quantitative estimate of drug-likeness (QED) is 0.382. The van der Waals surface area contributed by atoms with E-state index in [9.17, 15) is 4.79 Å². The summed E-state index contributed by atoms with van der Waals surface area (Å²) < 4.78 is 4.48. The van der Waals surface area contributed by atoms with Crippen molar-refractivity contribution in [2.24, 2.45) is 0 Å². The van der Waals surface area contributed by atoms with Crippen LogP contribution in [-0.2, 0) is 5.41 Å². The lowest BCUT2D eigenvalue weighted by atomic mass is 9.87. The molecule has 140 valence electrons. The summed E-state index contributed by atoms with van der Waals surface area (Å²) in [5, 5.41) is 10.3. The van der Waals surface area contributed by atoms with E-state index in [1.807, 2.05) is 59.3 Å². The van der Waals surface area contributed by atoms with Crippen molar-refractivity contribution >= 4 is 46.1 Å². The van der Waals surface area contributed by atoms with Gasteiger partial charge in [-0.2, -0.15) is 0 Å². The molecule has 3 rings (SSSR count). The molecule has 0 saturated heterocycles. The van der Waals surface area contributed by atoms with E-state index in [0.717, 1.165) is 0 Å². The molecule has 2 aromatic heterocycles. The average Bonchev–Trinajstić information content (AvgIpc) is 3.03. The standard InChI is InChI=1S/C19H21IN6O/c1-19(2,3)14-6-4-13(5-7-14)18(27)24-16-12-26-17(23-16)9-8-15(25-26)21-10-11-22-20/h4-12,22H,1-3H3,(H,21,25)(H,24,27)/b11-10-. The molecular weight excluding hydrogens is 455 g/mol. The number of hydrogen-bond donors (Lipinski definition) is 3. The summed E-state index contributed by atoms with van der Waals surface area (Å²) in [6.45, 7) is 6.43. The molecular formula is C19H21IN6O. The fourth-order valence-corrected chi connectivity index (χ4v) is 2.67. The lowest BCUT2D eigenvalue weighted by molar-refractivity contribution is 0.102. The fourth-order valence-electron chi connectivity index (χ4n) is 2.49. The number of anilines is 2. The first-order chi connectivity index (χ1) is 12.9. The number of nitrogens with one attached hydrogen (secondary N) is 3. The number of benzene rings is 1. The van der Waals surface area contributed by atoms with Gasteiger partial charge in [0.15, 0.2) is 17.3 Å². The highest BCUT2D eigenvalue weighted by molar-refractivity contribution is 14.1. The van der Waals surface area contributed by atoms with E-state index >= 15 is 0 Å². The maximum atomic E-state index is 12.5. The summed E-state index contributed by atoms with van der Waals surface area (Å²) in [7, 11) is 0. The van der Waals surface area contributed by atoms with Gasteiger partial charge in [-0.05, 0) is 35.2 Å². The Labute approximate surface area is 171 Å². The normalized spacial score (nSPS) is 11.7. The Morgan fingerprint density at radius 1 is 1.07 bits per heavy atom. The number of halogens is 1. The summed E-state index contributed by atoms with van der Waals surface area (Å²) >= 11 is 2.02. The van der Waals surface area contributed by atoms with E-state index in [2.05, 4.69) is 45.0 Å². The molecule has 3 aromatic rings. The van der Waals surface area contributed by atoms with Crippen LogP contribution in [0.3, 0.4) is 0 Å². The first kappa shape index (κ1) is 19.2. The smallest absolute Gasteiger partial charge is 0.256 e. The molecule has 1 aromatic carbocycles. The summed E-state index contributed by atoms with van der Waals surface area (Å²) in [4.78, 5) is 16.9. The molecule has 0 atom stereocenters. The lowest BCUT2D eigenvalue weighted by Crippen LogP contribution is -2.14. The number of carbonyl (C=O) groups is 1. The van der Waals surface area contributed by atoms with Gasteiger partial charge in [0.1, 0.15) is 0 Å². The fraction of sp³-hybridized carbons (Fsp3) is 0.211. The minimum atomic E-state index is -0.201. The average molecular weight is 476 g/mol. The number of rotatable bonds is 5. The molecule has 0 bridgehead atoms. The number of nitrogens with zero attached hydrogens (tertiary/aromatic N) is 3. The zero-order valence-electron chi connectivity index (χ0n) is 15.3. The molecule has 2 heterocycles. The monoisotopic (exact) mass is 476 g/mol. The van der Waals surface area contributed by atoms with Gasteiger partial charge in [0.2, 0.25) is 0 Å². The summed E-state index contributed by atoms with van der Waals surface area (Å²) in [5.74, 6) is 0.917. The molecule has 0 radical (unpaired) electrons. The minimum Gasteiger partial charge on any atom is -0.344 e. The van der Waals surface area contributed by atoms with Crippen LogP contribution in [0.1, 0.15) is 36.7 Å². The number of carbonyl (C=O) groups excluding carboxylic acids is 1. The van der Waals surface area contributed by atoms with E-state index in [4.69, 9.17) is 0 Å². The van der Waals surface area contributed by atoms with Crippen LogP contribution in [0.2, 0.25) is 0 Å². The van der Waals surface area contributed by atoms with Crippen molar-refractivity contribution in [1.29, 1.82) is 0 Å². The van der Waals surface area contributed by atoms with Crippen molar-refractivity contribution in [1.82, 2.24) is 18.1 Å². The van der Waals surface area contributed by atoms with Gasteiger partial charge in [0.25, 0.3) is 5.91 Å². The van der Waals surface area contributed by atoms with Crippen LogP contribution in [0, 0.1) is 0 Å². The Morgan fingerprint density at radius 3 is 2.48 bits per heavy atom. The lowest BCUT2D eigenvalue weighted by Gasteiger charge is -2.18. The SMILES string of the molecule is CC(C)(C)c1ccc(C(=O)Nc2cn3nc(N/C=C\NI)ccc3n2)cc1. The van der Waals surface area contributed by atoms with E-state index in [-0.39, 0.29) is 11.3 Å². The van der Waals surface area contributed by atoms with E-state index in [0.29, 0.717) is 22.8 Å². The van der Waals surface area contributed by atoms with Gasteiger partial charge in [0, 0.05) is 18.0 Å². The Morgan fingerprint density at radius 2 is 1.81 bits per heavy atom. The van der Waals surface area contributed by atoms with Crippen LogP contribution in [0.5, 0.6) is 0 Å². The molecule has 7 nitrogen and oxygen atoms in total. The molecule has 0 fully saturated rings. The van der Waals surface area contributed by atoms with Gasteiger partial charge < -0.3 is 14.2 Å². The molecule has 1 amide bonds. The Kier molecular flexibility index (Phi) is 5.64. The largest absolute Gasteiger partial charge is 0.344 e. The number of amides is 1. The first-order valence-corrected chi connectivity index (χ1v) is 9.51. The van der Waals surface area contributed by atoms with E-state index in [1.54, 1.807) is 23.1 Å². The zero-order chi connectivity index (χ0) is 19.4. The van der Waals surface area contributed by atoms with Crippen LogP contribution in [0.4, 0.5) is 11.6 Å². The Balaban J connectivity index is 1.73. The van der Waals surface area contributed by atoms with Crippen LogP contribution >= 0.6 is 22.9 Å². The maximum Gasteiger partial charge on any atom is 0.256 e. The number of aromatic nitrogens is 3. The van der Waals surface area contributed by atoms with Gasteiger partial charge in [-0.1, -0.05) is 32.9 Å². The Bertz CT molecular complexity index is 972.